The van der Waals surface area contributed by atoms with Gasteiger partial charge in [-0.1, -0.05) is 11.6 Å². The molecule has 1 aromatic heterocycles. The molecule has 2 saturated heterocycles. The zero-order chi connectivity index (χ0) is 16.7. The van der Waals surface area contributed by atoms with Gasteiger partial charge in [-0.3, -0.25) is 9.78 Å². The van der Waals surface area contributed by atoms with Gasteiger partial charge in [-0.25, -0.2) is 0 Å². The maximum Gasteiger partial charge on any atom is 0.256 e. The Morgan fingerprint density at radius 2 is 1.96 bits per heavy atom. The summed E-state index contributed by atoms with van der Waals surface area (Å²) in [4.78, 5) is 22.2. The van der Waals surface area contributed by atoms with E-state index in [1.165, 1.54) is 12.8 Å². The third kappa shape index (κ3) is 2.58. The Morgan fingerprint density at radius 3 is 2.75 bits per heavy atom. The minimum atomic E-state index is 0.0955. The number of likely N-dealkylation sites (tertiary alicyclic amines) is 2. The SMILES string of the molecule is CN1CCCC1C1CCCN1C(=O)c1ccc(Cl)c2cccnc12. The standard InChI is InChI=1S/C19H22ClN3O/c1-22-11-3-6-16(22)17-7-4-12-23(17)19(24)14-8-9-15(20)13-5-2-10-21-18(13)14/h2,5,8-10,16-17H,3-4,6-7,11-12H2,1H3. The number of carbonyl (C=O) groups excluding carboxylic acids is 1. The molecule has 0 saturated carbocycles. The topological polar surface area (TPSA) is 36.4 Å². The number of carbonyl (C=O) groups is 1. The van der Waals surface area contributed by atoms with Crippen molar-refractivity contribution in [1.29, 1.82) is 0 Å². The summed E-state index contributed by atoms with van der Waals surface area (Å²) in [5.41, 5.74) is 1.38. The largest absolute Gasteiger partial charge is 0.334 e. The average molecular weight is 344 g/mol. The van der Waals surface area contributed by atoms with Crippen molar-refractivity contribution < 1.29 is 4.79 Å². The van der Waals surface area contributed by atoms with Gasteiger partial charge in [0.15, 0.2) is 0 Å². The van der Waals surface area contributed by atoms with Crippen LogP contribution in [0.15, 0.2) is 30.5 Å². The quantitative estimate of drug-likeness (QED) is 0.836. The van der Waals surface area contributed by atoms with Crippen LogP contribution in [0.4, 0.5) is 0 Å². The van der Waals surface area contributed by atoms with Crippen LogP contribution in [0.2, 0.25) is 5.02 Å². The van der Waals surface area contributed by atoms with Crippen molar-refractivity contribution in [2.45, 2.75) is 37.8 Å². The molecule has 4 nitrogen and oxygen atoms in total. The molecule has 2 aliphatic rings. The summed E-state index contributed by atoms with van der Waals surface area (Å²) in [6.07, 6.45) is 6.32. The molecule has 1 amide bonds. The summed E-state index contributed by atoms with van der Waals surface area (Å²) in [7, 11) is 2.18. The molecule has 2 fully saturated rings. The van der Waals surface area contributed by atoms with Gasteiger partial charge in [0, 0.05) is 30.2 Å². The first-order valence-electron chi connectivity index (χ1n) is 8.71. The first-order valence-corrected chi connectivity index (χ1v) is 9.09. The van der Waals surface area contributed by atoms with E-state index in [4.69, 9.17) is 11.6 Å². The lowest BCUT2D eigenvalue weighted by molar-refractivity contribution is 0.0666. The molecule has 0 aliphatic carbocycles. The molecule has 0 N–H and O–H groups in total. The number of benzene rings is 1. The zero-order valence-electron chi connectivity index (χ0n) is 13.9. The molecule has 4 rings (SSSR count). The predicted octanol–water partition coefficient (Wildman–Crippen LogP) is 3.59. The Kier molecular flexibility index (Phi) is 4.19. The Bertz CT molecular complexity index is 778. The Morgan fingerprint density at radius 1 is 1.17 bits per heavy atom. The van der Waals surface area contributed by atoms with Crippen LogP contribution in [0.5, 0.6) is 0 Å². The number of likely N-dealkylation sites (N-methyl/N-ethyl adjacent to an activating group) is 1. The van der Waals surface area contributed by atoms with Gasteiger partial charge in [0.05, 0.1) is 16.1 Å². The normalized spacial score (nSPS) is 24.8. The van der Waals surface area contributed by atoms with Gasteiger partial charge in [-0.2, -0.15) is 0 Å². The summed E-state index contributed by atoms with van der Waals surface area (Å²) in [5, 5.41) is 1.49. The maximum absolute atomic E-state index is 13.3. The minimum Gasteiger partial charge on any atom is -0.334 e. The third-order valence-corrected chi connectivity index (χ3v) is 5.86. The molecule has 5 heteroatoms. The monoisotopic (exact) mass is 343 g/mol. The number of halogens is 1. The highest BCUT2D eigenvalue weighted by Crippen LogP contribution is 2.32. The van der Waals surface area contributed by atoms with Gasteiger partial charge >= 0.3 is 0 Å². The minimum absolute atomic E-state index is 0.0955. The Balaban J connectivity index is 1.69. The summed E-state index contributed by atoms with van der Waals surface area (Å²) in [6, 6.07) is 8.23. The number of hydrogen-bond acceptors (Lipinski definition) is 3. The number of fused-ring (bicyclic) bond motifs is 1. The van der Waals surface area contributed by atoms with E-state index in [-0.39, 0.29) is 5.91 Å². The van der Waals surface area contributed by atoms with Gasteiger partial charge in [0.1, 0.15) is 0 Å². The van der Waals surface area contributed by atoms with Crippen LogP contribution >= 0.6 is 11.6 Å². The van der Waals surface area contributed by atoms with E-state index in [2.05, 4.69) is 21.8 Å². The van der Waals surface area contributed by atoms with Crippen molar-refractivity contribution in [2.75, 3.05) is 20.1 Å². The van der Waals surface area contributed by atoms with Crippen LogP contribution in [-0.4, -0.2) is 52.9 Å². The fourth-order valence-electron chi connectivity index (χ4n) is 4.33. The molecule has 2 atom stereocenters. The van der Waals surface area contributed by atoms with Crippen LogP contribution in [0.1, 0.15) is 36.0 Å². The molecule has 0 bridgehead atoms. The summed E-state index contributed by atoms with van der Waals surface area (Å²) in [6.45, 7) is 1.97. The average Bonchev–Trinajstić information content (AvgIpc) is 3.23. The summed E-state index contributed by atoms with van der Waals surface area (Å²) < 4.78 is 0. The smallest absolute Gasteiger partial charge is 0.256 e. The maximum atomic E-state index is 13.3. The van der Waals surface area contributed by atoms with E-state index in [0.717, 1.165) is 31.3 Å². The molecule has 2 aliphatic heterocycles. The van der Waals surface area contributed by atoms with E-state index < -0.39 is 0 Å². The fourth-order valence-corrected chi connectivity index (χ4v) is 4.55. The lowest BCUT2D eigenvalue weighted by Gasteiger charge is -2.33. The van der Waals surface area contributed by atoms with Gasteiger partial charge in [0.2, 0.25) is 0 Å². The second-order valence-corrected chi connectivity index (χ2v) is 7.30. The molecule has 2 aromatic rings. The molecule has 3 heterocycles. The van der Waals surface area contributed by atoms with E-state index in [9.17, 15) is 4.79 Å². The van der Waals surface area contributed by atoms with E-state index in [1.54, 1.807) is 6.20 Å². The second kappa shape index (κ2) is 6.34. The molecule has 0 spiro atoms. The Labute approximate surface area is 147 Å². The number of nitrogens with zero attached hydrogens (tertiary/aromatic N) is 3. The molecule has 24 heavy (non-hydrogen) atoms. The van der Waals surface area contributed by atoms with Crippen LogP contribution in [0.25, 0.3) is 10.9 Å². The highest BCUT2D eigenvalue weighted by molar-refractivity contribution is 6.36. The molecule has 0 radical (unpaired) electrons. The van der Waals surface area contributed by atoms with Crippen molar-refractivity contribution in [3.8, 4) is 0 Å². The van der Waals surface area contributed by atoms with Gasteiger partial charge in [-0.05, 0) is 63.5 Å². The number of amides is 1. The van der Waals surface area contributed by atoms with Gasteiger partial charge in [-0.15, -0.1) is 0 Å². The van der Waals surface area contributed by atoms with Crippen molar-refractivity contribution in [3.63, 3.8) is 0 Å². The van der Waals surface area contributed by atoms with Crippen LogP contribution in [0, 0.1) is 0 Å². The second-order valence-electron chi connectivity index (χ2n) is 6.89. The van der Waals surface area contributed by atoms with E-state index in [1.807, 2.05) is 24.3 Å². The highest BCUT2D eigenvalue weighted by Gasteiger charge is 2.39. The Hall–Kier alpha value is -1.65. The third-order valence-electron chi connectivity index (χ3n) is 5.53. The molecule has 1 aromatic carbocycles. The van der Waals surface area contributed by atoms with Crippen LogP contribution in [-0.2, 0) is 0 Å². The number of pyridine rings is 1. The van der Waals surface area contributed by atoms with Crippen molar-refractivity contribution in [3.05, 3.63) is 41.0 Å². The predicted molar refractivity (Wildman–Crippen MR) is 96.5 cm³/mol. The zero-order valence-corrected chi connectivity index (χ0v) is 14.7. The summed E-state index contributed by atoms with van der Waals surface area (Å²) in [5.74, 6) is 0.0955. The van der Waals surface area contributed by atoms with Crippen molar-refractivity contribution >= 4 is 28.4 Å². The number of hydrogen-bond donors (Lipinski definition) is 0. The number of aromatic nitrogens is 1. The van der Waals surface area contributed by atoms with E-state index >= 15 is 0 Å². The van der Waals surface area contributed by atoms with E-state index in [0.29, 0.717) is 28.2 Å². The van der Waals surface area contributed by atoms with Crippen molar-refractivity contribution in [2.24, 2.45) is 0 Å². The van der Waals surface area contributed by atoms with Crippen LogP contribution in [0.3, 0.4) is 0 Å². The van der Waals surface area contributed by atoms with Crippen LogP contribution < -0.4 is 0 Å². The first-order chi connectivity index (χ1) is 11.7. The lowest BCUT2D eigenvalue weighted by atomic mass is 10.0. The molecule has 2 unspecified atom stereocenters. The molecular weight excluding hydrogens is 322 g/mol. The molecular formula is C19H22ClN3O. The fraction of sp³-hybridized carbons (Fsp3) is 0.474. The van der Waals surface area contributed by atoms with Crippen molar-refractivity contribution in [1.82, 2.24) is 14.8 Å². The molecule has 126 valence electrons. The lowest BCUT2D eigenvalue weighted by Crippen LogP contribution is -2.47. The van der Waals surface area contributed by atoms with Gasteiger partial charge < -0.3 is 9.80 Å². The summed E-state index contributed by atoms with van der Waals surface area (Å²) >= 11 is 6.27. The highest BCUT2D eigenvalue weighted by atomic mass is 35.5. The first kappa shape index (κ1) is 15.9. The number of rotatable bonds is 2. The van der Waals surface area contributed by atoms with Gasteiger partial charge in [0.25, 0.3) is 5.91 Å².